The van der Waals surface area contributed by atoms with Gasteiger partial charge in [0.05, 0.1) is 0 Å². The molecule has 2 N–H and O–H groups in total. The van der Waals surface area contributed by atoms with Crippen molar-refractivity contribution in [1.82, 2.24) is 0 Å². The first-order valence-electron chi connectivity index (χ1n) is 3.89. The largest absolute Gasteiger partial charge is 0.405 e. The molecule has 62 valence electrons. The second-order valence-corrected chi connectivity index (χ2v) is 2.70. The Morgan fingerprint density at radius 2 is 2.08 bits per heavy atom. The maximum Gasteiger partial charge on any atom is -0.00595 e. The van der Waals surface area contributed by atoms with Gasteiger partial charge in [-0.3, -0.25) is 0 Å². The second-order valence-electron chi connectivity index (χ2n) is 2.70. The quantitative estimate of drug-likeness (QED) is 0.642. The molecule has 0 saturated heterocycles. The summed E-state index contributed by atoms with van der Waals surface area (Å²) in [6.07, 6.45) is 3.42. The Labute approximate surface area is 72.5 Å². The SMILES string of the molecule is C=c1cccc/c1=C(C)/C=C\N. The Morgan fingerprint density at radius 1 is 1.42 bits per heavy atom. The maximum atomic E-state index is 5.30. The highest BCUT2D eigenvalue weighted by Crippen LogP contribution is 1.88. The van der Waals surface area contributed by atoms with Crippen LogP contribution >= 0.6 is 0 Å². The normalized spacial score (nSPS) is 13.4. The van der Waals surface area contributed by atoms with Gasteiger partial charge >= 0.3 is 0 Å². The molecule has 0 radical (unpaired) electrons. The molecule has 1 heteroatoms. The highest BCUT2D eigenvalue weighted by Gasteiger charge is 1.85. The van der Waals surface area contributed by atoms with Crippen molar-refractivity contribution in [1.29, 1.82) is 0 Å². The monoisotopic (exact) mass is 159 g/mol. The van der Waals surface area contributed by atoms with E-state index in [9.17, 15) is 0 Å². The number of hydrogen-bond acceptors (Lipinski definition) is 1. The fourth-order valence-corrected chi connectivity index (χ4v) is 1.14. The molecule has 0 aliphatic heterocycles. The zero-order valence-corrected chi connectivity index (χ0v) is 7.25. The number of rotatable bonds is 1. The summed E-state index contributed by atoms with van der Waals surface area (Å²) in [6, 6.07) is 8.00. The molecule has 0 atom stereocenters. The fraction of sp³-hybridized carbons (Fsp3) is 0.0909. The molecule has 1 nitrogen and oxygen atoms in total. The van der Waals surface area contributed by atoms with Gasteiger partial charge in [-0.2, -0.15) is 0 Å². The molecular formula is C11H13N. The molecule has 0 aliphatic rings. The van der Waals surface area contributed by atoms with E-state index in [0.717, 1.165) is 16.0 Å². The lowest BCUT2D eigenvalue weighted by Crippen LogP contribution is -2.23. The van der Waals surface area contributed by atoms with E-state index >= 15 is 0 Å². The summed E-state index contributed by atoms with van der Waals surface area (Å²) >= 11 is 0. The molecule has 1 aromatic rings. The van der Waals surface area contributed by atoms with Gasteiger partial charge in [-0.25, -0.2) is 0 Å². The predicted molar refractivity (Wildman–Crippen MR) is 53.6 cm³/mol. The van der Waals surface area contributed by atoms with Crippen molar-refractivity contribution in [2.45, 2.75) is 6.92 Å². The van der Waals surface area contributed by atoms with Crippen LogP contribution < -0.4 is 16.2 Å². The van der Waals surface area contributed by atoms with Gasteiger partial charge in [0.2, 0.25) is 0 Å². The van der Waals surface area contributed by atoms with Gasteiger partial charge in [-0.15, -0.1) is 0 Å². The minimum atomic E-state index is 1.04. The molecule has 0 saturated carbocycles. The highest BCUT2D eigenvalue weighted by molar-refractivity contribution is 5.53. The van der Waals surface area contributed by atoms with Crippen LogP contribution in [0.15, 0.2) is 36.5 Å². The lowest BCUT2D eigenvalue weighted by atomic mass is 10.1. The summed E-state index contributed by atoms with van der Waals surface area (Å²) in [7, 11) is 0. The van der Waals surface area contributed by atoms with Crippen molar-refractivity contribution in [3.63, 3.8) is 0 Å². The predicted octanol–water partition coefficient (Wildman–Crippen LogP) is 0.740. The summed E-state index contributed by atoms with van der Waals surface area (Å²) in [5.41, 5.74) is 6.44. The summed E-state index contributed by atoms with van der Waals surface area (Å²) in [5, 5.41) is 2.19. The van der Waals surface area contributed by atoms with Crippen LogP contribution in [-0.4, -0.2) is 0 Å². The van der Waals surface area contributed by atoms with Crippen molar-refractivity contribution < 1.29 is 0 Å². The molecule has 0 aliphatic carbocycles. The van der Waals surface area contributed by atoms with Gasteiger partial charge in [-0.05, 0) is 35.2 Å². The van der Waals surface area contributed by atoms with E-state index in [2.05, 4.69) is 6.58 Å². The molecule has 0 fully saturated rings. The molecule has 12 heavy (non-hydrogen) atoms. The van der Waals surface area contributed by atoms with Crippen LogP contribution in [0.5, 0.6) is 0 Å². The number of benzene rings is 1. The first-order chi connectivity index (χ1) is 5.75. The Hall–Kier alpha value is -1.50. The van der Waals surface area contributed by atoms with Crippen molar-refractivity contribution >= 4 is 12.2 Å². The standard InChI is InChI=1S/C11H13N/c1-9-5-3-4-6-11(9)10(2)7-8-12/h3-8H,1,12H2,2H3/b8-7-,11-10-. The highest BCUT2D eigenvalue weighted by atomic mass is 14.5. The average Bonchev–Trinajstić information content (AvgIpc) is 2.05. The Balaban J connectivity index is 3.45. The lowest BCUT2D eigenvalue weighted by molar-refractivity contribution is 1.47. The van der Waals surface area contributed by atoms with Gasteiger partial charge in [0.1, 0.15) is 0 Å². The fourth-order valence-electron chi connectivity index (χ4n) is 1.14. The Bertz CT molecular complexity index is 388. The lowest BCUT2D eigenvalue weighted by Gasteiger charge is -1.92. The molecule has 0 amide bonds. The first-order valence-corrected chi connectivity index (χ1v) is 3.89. The van der Waals surface area contributed by atoms with Gasteiger partial charge in [0.25, 0.3) is 0 Å². The Morgan fingerprint density at radius 3 is 2.67 bits per heavy atom. The number of nitrogens with two attached hydrogens (primary N) is 1. The third kappa shape index (κ3) is 1.76. The van der Waals surface area contributed by atoms with Crippen molar-refractivity contribution in [3.05, 3.63) is 47.0 Å². The number of hydrogen-bond donors (Lipinski definition) is 1. The van der Waals surface area contributed by atoms with Crippen LogP contribution in [0.1, 0.15) is 6.92 Å². The van der Waals surface area contributed by atoms with Crippen LogP contribution in [-0.2, 0) is 0 Å². The molecule has 1 rings (SSSR count). The van der Waals surface area contributed by atoms with Crippen LogP contribution in [0, 0.1) is 0 Å². The molecule has 0 aromatic heterocycles. The van der Waals surface area contributed by atoms with E-state index in [1.807, 2.05) is 37.3 Å². The van der Waals surface area contributed by atoms with Crippen LogP contribution in [0.4, 0.5) is 0 Å². The summed E-state index contributed by atoms with van der Waals surface area (Å²) in [4.78, 5) is 0. The zero-order chi connectivity index (χ0) is 8.97. The molecule has 0 unspecified atom stereocenters. The van der Waals surface area contributed by atoms with E-state index < -0.39 is 0 Å². The van der Waals surface area contributed by atoms with Crippen molar-refractivity contribution in [3.8, 4) is 0 Å². The third-order valence-corrected chi connectivity index (χ3v) is 1.79. The maximum absolute atomic E-state index is 5.30. The van der Waals surface area contributed by atoms with Crippen molar-refractivity contribution in [2.24, 2.45) is 5.73 Å². The zero-order valence-electron chi connectivity index (χ0n) is 7.25. The third-order valence-electron chi connectivity index (χ3n) is 1.79. The van der Waals surface area contributed by atoms with Crippen LogP contribution in [0.25, 0.3) is 12.2 Å². The summed E-state index contributed by atoms with van der Waals surface area (Å²) in [6.45, 7) is 5.95. The topological polar surface area (TPSA) is 26.0 Å². The molecule has 0 spiro atoms. The second kappa shape index (κ2) is 3.77. The van der Waals surface area contributed by atoms with Crippen molar-refractivity contribution in [2.75, 3.05) is 0 Å². The van der Waals surface area contributed by atoms with E-state index in [4.69, 9.17) is 5.73 Å². The minimum Gasteiger partial charge on any atom is -0.405 e. The minimum absolute atomic E-state index is 1.04. The first kappa shape index (κ1) is 8.60. The number of allylic oxidation sites excluding steroid dienone is 1. The molecule has 1 aromatic carbocycles. The Kier molecular flexibility index (Phi) is 2.70. The summed E-state index contributed by atoms with van der Waals surface area (Å²) < 4.78 is 0. The van der Waals surface area contributed by atoms with Gasteiger partial charge in [0, 0.05) is 0 Å². The van der Waals surface area contributed by atoms with E-state index in [-0.39, 0.29) is 0 Å². The smallest absolute Gasteiger partial charge is 0.00595 e. The van der Waals surface area contributed by atoms with E-state index in [0.29, 0.717) is 0 Å². The van der Waals surface area contributed by atoms with Gasteiger partial charge in [-0.1, -0.05) is 30.8 Å². The van der Waals surface area contributed by atoms with Gasteiger partial charge < -0.3 is 5.73 Å². The average molecular weight is 159 g/mol. The van der Waals surface area contributed by atoms with Gasteiger partial charge in [0.15, 0.2) is 0 Å². The molecule has 0 heterocycles. The molecule has 0 bridgehead atoms. The van der Waals surface area contributed by atoms with E-state index in [1.165, 1.54) is 0 Å². The molecular weight excluding hydrogens is 146 g/mol. The van der Waals surface area contributed by atoms with E-state index in [1.54, 1.807) is 6.20 Å². The van der Waals surface area contributed by atoms with Crippen LogP contribution in [0.2, 0.25) is 0 Å². The summed E-state index contributed by atoms with van der Waals surface area (Å²) in [5.74, 6) is 0. The van der Waals surface area contributed by atoms with Crippen LogP contribution in [0.3, 0.4) is 0 Å².